The number of carbonyl (C=O) groups is 1. The number of rotatable bonds is 1. The van der Waals surface area contributed by atoms with E-state index in [1.807, 2.05) is 6.92 Å². The van der Waals surface area contributed by atoms with Gasteiger partial charge in [0.25, 0.3) is 5.91 Å². The molecule has 58 valence electrons. The molecule has 3 heteroatoms. The normalized spacial score (nSPS) is 10.7. The molecule has 0 aliphatic heterocycles. The van der Waals surface area contributed by atoms with Crippen LogP contribution in [0.1, 0.15) is 17.5 Å². The molecule has 0 amide bonds. The van der Waals surface area contributed by atoms with Crippen LogP contribution in [0.3, 0.4) is 0 Å². The molecule has 0 fully saturated rings. The van der Waals surface area contributed by atoms with Gasteiger partial charge in [-0.1, -0.05) is 6.08 Å². The number of aryl methyl sites for hydroxylation is 1. The number of carbonyl (C=O) groups excluding carboxylic acids is 1. The van der Waals surface area contributed by atoms with Gasteiger partial charge in [0.1, 0.15) is 5.82 Å². The second-order valence-corrected chi connectivity index (χ2v) is 2.18. The van der Waals surface area contributed by atoms with Crippen molar-refractivity contribution in [1.29, 1.82) is 0 Å². The molecule has 0 spiro atoms. The fourth-order valence-electron chi connectivity index (χ4n) is 0.834. The molecule has 1 rings (SSSR count). The molecule has 0 aliphatic rings. The van der Waals surface area contributed by atoms with Gasteiger partial charge in [0.05, 0.1) is 0 Å². The van der Waals surface area contributed by atoms with Crippen LogP contribution in [0.2, 0.25) is 0 Å². The van der Waals surface area contributed by atoms with E-state index in [2.05, 4.69) is 4.98 Å². The van der Waals surface area contributed by atoms with E-state index in [0.717, 1.165) is 0 Å². The van der Waals surface area contributed by atoms with E-state index >= 15 is 0 Å². The van der Waals surface area contributed by atoms with Crippen LogP contribution in [-0.2, 0) is 0 Å². The Hall–Kier alpha value is -1.38. The summed E-state index contributed by atoms with van der Waals surface area (Å²) in [4.78, 5) is 15.1. The first-order valence-corrected chi connectivity index (χ1v) is 3.42. The van der Waals surface area contributed by atoms with E-state index in [9.17, 15) is 4.79 Å². The summed E-state index contributed by atoms with van der Waals surface area (Å²) in [5.74, 6) is 0.663. The average molecular weight is 150 g/mol. The Kier molecular flexibility index (Phi) is 2.21. The molecule has 0 unspecified atom stereocenters. The third kappa shape index (κ3) is 1.55. The fraction of sp³-hybridized carbons (Fsp3) is 0.250. The highest BCUT2D eigenvalue weighted by atomic mass is 16.1. The Bertz CT molecular complexity index is 286. The average Bonchev–Trinajstić information content (AvgIpc) is 2.36. The first-order valence-electron chi connectivity index (χ1n) is 3.42. The molecule has 1 aromatic heterocycles. The lowest BCUT2D eigenvalue weighted by Crippen LogP contribution is -2.07. The van der Waals surface area contributed by atoms with Crippen LogP contribution in [0.25, 0.3) is 0 Å². The summed E-state index contributed by atoms with van der Waals surface area (Å²) in [6.45, 7) is 3.60. The predicted octanol–water partition coefficient (Wildman–Crippen LogP) is 1.41. The summed E-state index contributed by atoms with van der Waals surface area (Å²) in [5, 5.41) is 0. The largest absolute Gasteiger partial charge is 0.270 e. The van der Waals surface area contributed by atoms with Crippen molar-refractivity contribution in [2.24, 2.45) is 0 Å². The van der Waals surface area contributed by atoms with Gasteiger partial charge in [-0.2, -0.15) is 0 Å². The molecule has 11 heavy (non-hydrogen) atoms. The van der Waals surface area contributed by atoms with Gasteiger partial charge in [-0.05, 0) is 19.9 Å². The monoisotopic (exact) mass is 150 g/mol. The van der Waals surface area contributed by atoms with Crippen molar-refractivity contribution in [2.45, 2.75) is 13.8 Å². The van der Waals surface area contributed by atoms with Crippen LogP contribution in [0.4, 0.5) is 0 Å². The van der Waals surface area contributed by atoms with E-state index in [-0.39, 0.29) is 5.91 Å². The second kappa shape index (κ2) is 3.14. The molecule has 0 saturated heterocycles. The van der Waals surface area contributed by atoms with Crippen molar-refractivity contribution in [3.05, 3.63) is 30.4 Å². The second-order valence-electron chi connectivity index (χ2n) is 2.18. The molecule has 0 atom stereocenters. The molecule has 3 nitrogen and oxygen atoms in total. The molecule has 0 radical (unpaired) electrons. The van der Waals surface area contributed by atoms with Crippen LogP contribution < -0.4 is 0 Å². The number of allylic oxidation sites excluding steroid dienone is 2. The Labute approximate surface area is 65.4 Å². The molecule has 0 aromatic carbocycles. The number of imidazole rings is 1. The molecule has 1 aromatic rings. The Balaban J connectivity index is 2.93. The third-order valence-electron chi connectivity index (χ3n) is 1.37. The lowest BCUT2D eigenvalue weighted by atomic mass is 10.5. The van der Waals surface area contributed by atoms with Crippen molar-refractivity contribution in [3.8, 4) is 0 Å². The minimum atomic E-state index is -0.0532. The summed E-state index contributed by atoms with van der Waals surface area (Å²) >= 11 is 0. The maximum absolute atomic E-state index is 11.2. The summed E-state index contributed by atoms with van der Waals surface area (Å²) in [6.07, 6.45) is 6.48. The van der Waals surface area contributed by atoms with Gasteiger partial charge >= 0.3 is 0 Å². The van der Waals surface area contributed by atoms with E-state index < -0.39 is 0 Å². The van der Waals surface area contributed by atoms with Gasteiger partial charge in [-0.3, -0.25) is 9.36 Å². The summed E-state index contributed by atoms with van der Waals surface area (Å²) in [5.41, 5.74) is 0. The fourth-order valence-corrected chi connectivity index (χ4v) is 0.834. The zero-order valence-electron chi connectivity index (χ0n) is 6.61. The van der Waals surface area contributed by atoms with Crippen LogP contribution in [-0.4, -0.2) is 15.5 Å². The van der Waals surface area contributed by atoms with Crippen molar-refractivity contribution in [1.82, 2.24) is 9.55 Å². The van der Waals surface area contributed by atoms with Gasteiger partial charge in [0, 0.05) is 12.4 Å². The topological polar surface area (TPSA) is 34.9 Å². The predicted molar refractivity (Wildman–Crippen MR) is 42.4 cm³/mol. The highest BCUT2D eigenvalue weighted by Crippen LogP contribution is 1.95. The highest BCUT2D eigenvalue weighted by molar-refractivity contribution is 5.89. The van der Waals surface area contributed by atoms with Crippen LogP contribution in [0.15, 0.2) is 24.5 Å². The van der Waals surface area contributed by atoms with Gasteiger partial charge in [-0.25, -0.2) is 4.98 Å². The molecule has 1 heterocycles. The summed E-state index contributed by atoms with van der Waals surface area (Å²) in [7, 11) is 0. The molecule has 0 saturated carbocycles. The summed E-state index contributed by atoms with van der Waals surface area (Å²) < 4.78 is 1.50. The zero-order valence-corrected chi connectivity index (χ0v) is 6.61. The molecule has 0 aliphatic carbocycles. The van der Waals surface area contributed by atoms with Crippen LogP contribution in [0, 0.1) is 6.92 Å². The van der Waals surface area contributed by atoms with Gasteiger partial charge in [-0.15, -0.1) is 0 Å². The Morgan fingerprint density at radius 2 is 2.45 bits per heavy atom. The van der Waals surface area contributed by atoms with E-state index in [4.69, 9.17) is 0 Å². The van der Waals surface area contributed by atoms with Gasteiger partial charge < -0.3 is 0 Å². The maximum atomic E-state index is 11.2. The number of hydrogen-bond donors (Lipinski definition) is 0. The Morgan fingerprint density at radius 1 is 1.73 bits per heavy atom. The van der Waals surface area contributed by atoms with Crippen molar-refractivity contribution >= 4 is 5.91 Å². The molecule has 0 bridgehead atoms. The quantitative estimate of drug-likeness (QED) is 0.567. The maximum Gasteiger partial charge on any atom is 0.255 e. The van der Waals surface area contributed by atoms with Crippen molar-refractivity contribution < 1.29 is 4.79 Å². The highest BCUT2D eigenvalue weighted by Gasteiger charge is 2.01. The van der Waals surface area contributed by atoms with E-state index in [0.29, 0.717) is 5.82 Å². The first kappa shape index (κ1) is 7.72. The van der Waals surface area contributed by atoms with Crippen molar-refractivity contribution in [2.75, 3.05) is 0 Å². The Morgan fingerprint density at radius 3 is 2.91 bits per heavy atom. The minimum Gasteiger partial charge on any atom is -0.270 e. The number of aromatic nitrogens is 2. The molecular weight excluding hydrogens is 140 g/mol. The molecular formula is C8H10N2O. The first-order chi connectivity index (χ1) is 5.25. The van der Waals surface area contributed by atoms with Crippen LogP contribution >= 0.6 is 0 Å². The number of nitrogens with zero attached hydrogens (tertiary/aromatic N) is 2. The minimum absolute atomic E-state index is 0.0532. The molecule has 0 N–H and O–H groups in total. The summed E-state index contributed by atoms with van der Waals surface area (Å²) in [6, 6.07) is 0. The smallest absolute Gasteiger partial charge is 0.255 e. The standard InChI is InChI=1S/C8H10N2O/c1-3-4-8(11)10-6-5-9-7(10)2/h3-6H,1-2H3/b4-3+. The van der Waals surface area contributed by atoms with Gasteiger partial charge in [0.15, 0.2) is 0 Å². The number of hydrogen-bond acceptors (Lipinski definition) is 2. The third-order valence-corrected chi connectivity index (χ3v) is 1.37. The van der Waals surface area contributed by atoms with Crippen molar-refractivity contribution in [3.63, 3.8) is 0 Å². The lowest BCUT2D eigenvalue weighted by Gasteiger charge is -1.96. The van der Waals surface area contributed by atoms with Crippen LogP contribution in [0.5, 0.6) is 0 Å². The van der Waals surface area contributed by atoms with E-state index in [1.165, 1.54) is 10.6 Å². The van der Waals surface area contributed by atoms with E-state index in [1.54, 1.807) is 25.4 Å². The van der Waals surface area contributed by atoms with Gasteiger partial charge in [0.2, 0.25) is 0 Å². The SMILES string of the molecule is C/C=C/C(=O)n1ccnc1C. The zero-order chi connectivity index (χ0) is 8.27. The lowest BCUT2D eigenvalue weighted by molar-refractivity contribution is 0.0966.